The monoisotopic (exact) mass is 247 g/mol. The van der Waals surface area contributed by atoms with Crippen LogP contribution in [0.5, 0.6) is 5.75 Å². The molecular weight excluding hydrogens is 231 g/mol. The number of hydrogen-bond acceptors (Lipinski definition) is 2. The summed E-state index contributed by atoms with van der Waals surface area (Å²) in [6.45, 7) is 2.80. The molecule has 1 rings (SSSR count). The van der Waals surface area contributed by atoms with Gasteiger partial charge in [-0.1, -0.05) is 19.1 Å². The molecule has 0 heterocycles. The van der Waals surface area contributed by atoms with Crippen molar-refractivity contribution in [2.24, 2.45) is 0 Å². The van der Waals surface area contributed by atoms with Crippen LogP contribution < -0.4 is 10.1 Å². The smallest absolute Gasteiger partial charge is 0.406 e. The second kappa shape index (κ2) is 5.91. The lowest BCUT2D eigenvalue weighted by Gasteiger charge is -2.14. The van der Waals surface area contributed by atoms with Crippen molar-refractivity contribution in [2.45, 2.75) is 25.6 Å². The predicted molar refractivity (Wildman–Crippen MR) is 60.1 cm³/mol. The lowest BCUT2D eigenvalue weighted by molar-refractivity contribution is -0.274. The maximum Gasteiger partial charge on any atom is 0.573 e. The molecule has 0 saturated carbocycles. The van der Waals surface area contributed by atoms with Crippen LogP contribution in [-0.4, -0.2) is 20.0 Å². The van der Waals surface area contributed by atoms with Gasteiger partial charge in [0, 0.05) is 0 Å². The number of ether oxygens (including phenoxy) is 1. The van der Waals surface area contributed by atoms with E-state index in [0.717, 1.165) is 18.5 Å². The molecule has 0 bridgehead atoms. The molecule has 5 heteroatoms. The highest BCUT2D eigenvalue weighted by Crippen LogP contribution is 2.27. The van der Waals surface area contributed by atoms with Gasteiger partial charge in [-0.2, -0.15) is 0 Å². The first-order chi connectivity index (χ1) is 7.92. The van der Waals surface area contributed by atoms with Crippen LogP contribution in [-0.2, 0) is 0 Å². The van der Waals surface area contributed by atoms with E-state index in [4.69, 9.17) is 0 Å². The Balaban J connectivity index is 2.71. The van der Waals surface area contributed by atoms with Gasteiger partial charge in [-0.3, -0.25) is 0 Å². The Morgan fingerprint density at radius 2 is 2.06 bits per heavy atom. The van der Waals surface area contributed by atoms with Crippen molar-refractivity contribution < 1.29 is 17.9 Å². The van der Waals surface area contributed by atoms with Crippen LogP contribution in [0.4, 0.5) is 13.2 Å². The normalized spacial score (nSPS) is 13.5. The molecule has 0 aliphatic rings. The van der Waals surface area contributed by atoms with E-state index in [0.29, 0.717) is 0 Å². The first kappa shape index (κ1) is 13.8. The molecule has 0 aromatic heterocycles. The van der Waals surface area contributed by atoms with E-state index >= 15 is 0 Å². The minimum Gasteiger partial charge on any atom is -0.406 e. The third-order valence-corrected chi connectivity index (χ3v) is 2.49. The quantitative estimate of drug-likeness (QED) is 0.862. The van der Waals surface area contributed by atoms with E-state index in [9.17, 15) is 13.2 Å². The summed E-state index contributed by atoms with van der Waals surface area (Å²) in [6, 6.07) is 6.13. The molecule has 0 fully saturated rings. The van der Waals surface area contributed by atoms with Crippen LogP contribution in [0.25, 0.3) is 0 Å². The molecular formula is C12H16F3NO. The summed E-state index contributed by atoms with van der Waals surface area (Å²) in [4.78, 5) is 0. The van der Waals surface area contributed by atoms with Gasteiger partial charge in [0.05, 0.1) is 0 Å². The maximum absolute atomic E-state index is 12.0. The van der Waals surface area contributed by atoms with Gasteiger partial charge in [0.15, 0.2) is 0 Å². The van der Waals surface area contributed by atoms with Crippen molar-refractivity contribution in [3.8, 4) is 5.75 Å². The third-order valence-electron chi connectivity index (χ3n) is 2.49. The number of alkyl halides is 3. The molecule has 0 saturated heterocycles. The lowest BCUT2D eigenvalue weighted by atomic mass is 9.98. The number of rotatable bonds is 5. The van der Waals surface area contributed by atoms with Crippen molar-refractivity contribution in [3.63, 3.8) is 0 Å². The lowest BCUT2D eigenvalue weighted by Crippen LogP contribution is -2.17. The van der Waals surface area contributed by atoms with Gasteiger partial charge in [0.2, 0.25) is 0 Å². The van der Waals surface area contributed by atoms with Gasteiger partial charge in [-0.15, -0.1) is 13.2 Å². The van der Waals surface area contributed by atoms with Crippen molar-refractivity contribution in [1.29, 1.82) is 0 Å². The minimum atomic E-state index is -4.63. The summed E-state index contributed by atoms with van der Waals surface area (Å²) < 4.78 is 40.0. The fourth-order valence-electron chi connectivity index (χ4n) is 1.55. The average molecular weight is 247 g/mol. The summed E-state index contributed by atoms with van der Waals surface area (Å²) in [5.41, 5.74) is 0.849. The van der Waals surface area contributed by atoms with E-state index in [1.54, 1.807) is 6.07 Å². The van der Waals surface area contributed by atoms with Crippen LogP contribution in [0, 0.1) is 0 Å². The largest absolute Gasteiger partial charge is 0.573 e. The molecule has 96 valence electrons. The van der Waals surface area contributed by atoms with Gasteiger partial charge in [-0.25, -0.2) is 0 Å². The molecule has 2 nitrogen and oxygen atoms in total. The van der Waals surface area contributed by atoms with Crippen LogP contribution in [0.1, 0.15) is 24.8 Å². The molecule has 1 aromatic carbocycles. The second-order valence-corrected chi connectivity index (χ2v) is 3.91. The molecule has 1 unspecified atom stereocenters. The van der Waals surface area contributed by atoms with Crippen molar-refractivity contribution in [3.05, 3.63) is 29.8 Å². The zero-order valence-electron chi connectivity index (χ0n) is 9.84. The van der Waals surface area contributed by atoms with Gasteiger partial charge in [0.1, 0.15) is 5.75 Å². The second-order valence-electron chi connectivity index (χ2n) is 3.91. The highest BCUT2D eigenvalue weighted by atomic mass is 19.4. The fourth-order valence-corrected chi connectivity index (χ4v) is 1.55. The first-order valence-corrected chi connectivity index (χ1v) is 5.42. The molecule has 0 aliphatic carbocycles. The Hall–Kier alpha value is -1.23. The Labute approximate surface area is 98.8 Å². The van der Waals surface area contributed by atoms with Crippen LogP contribution in [0.2, 0.25) is 0 Å². The van der Waals surface area contributed by atoms with E-state index in [1.807, 2.05) is 20.0 Å². The van der Waals surface area contributed by atoms with Gasteiger partial charge < -0.3 is 10.1 Å². The minimum absolute atomic E-state index is 0.161. The maximum atomic E-state index is 12.0. The SMILES string of the molecule is CNCCC(C)c1cccc(OC(F)(F)F)c1. The fraction of sp³-hybridized carbons (Fsp3) is 0.500. The standard InChI is InChI=1S/C12H16F3NO/c1-9(6-7-16-2)10-4-3-5-11(8-10)17-12(13,14)15/h3-5,8-9,16H,6-7H2,1-2H3. The molecule has 0 amide bonds. The number of halogens is 3. The molecule has 1 atom stereocenters. The van der Waals surface area contributed by atoms with Crippen LogP contribution in [0.3, 0.4) is 0 Å². The predicted octanol–water partition coefficient (Wildman–Crippen LogP) is 3.30. The van der Waals surface area contributed by atoms with Gasteiger partial charge >= 0.3 is 6.36 Å². The van der Waals surface area contributed by atoms with E-state index in [-0.39, 0.29) is 11.7 Å². The number of hydrogen-bond donors (Lipinski definition) is 1. The van der Waals surface area contributed by atoms with Crippen molar-refractivity contribution >= 4 is 0 Å². The Morgan fingerprint density at radius 1 is 1.35 bits per heavy atom. The molecule has 0 radical (unpaired) electrons. The Bertz CT molecular complexity index is 352. The Kier molecular flexibility index (Phi) is 4.81. The summed E-state index contributed by atoms with van der Waals surface area (Å²) in [7, 11) is 1.84. The summed E-state index contributed by atoms with van der Waals surface area (Å²) in [5.74, 6) is 0.0329. The van der Waals surface area contributed by atoms with Crippen molar-refractivity contribution in [1.82, 2.24) is 5.32 Å². The topological polar surface area (TPSA) is 21.3 Å². The van der Waals surface area contributed by atoms with E-state index < -0.39 is 6.36 Å². The number of nitrogens with one attached hydrogen (secondary N) is 1. The van der Waals surface area contributed by atoms with Crippen LogP contribution >= 0.6 is 0 Å². The molecule has 0 aliphatic heterocycles. The van der Waals surface area contributed by atoms with Gasteiger partial charge in [-0.05, 0) is 43.6 Å². The molecule has 0 spiro atoms. The van der Waals surface area contributed by atoms with E-state index in [1.165, 1.54) is 12.1 Å². The Morgan fingerprint density at radius 3 is 2.65 bits per heavy atom. The molecule has 17 heavy (non-hydrogen) atoms. The summed E-state index contributed by atoms with van der Waals surface area (Å²) >= 11 is 0. The van der Waals surface area contributed by atoms with Crippen LogP contribution in [0.15, 0.2) is 24.3 Å². The summed E-state index contributed by atoms with van der Waals surface area (Å²) in [6.07, 6.45) is -3.77. The summed E-state index contributed by atoms with van der Waals surface area (Å²) in [5, 5.41) is 3.01. The zero-order chi connectivity index (χ0) is 12.9. The molecule has 1 aromatic rings. The zero-order valence-corrected chi connectivity index (χ0v) is 9.84. The van der Waals surface area contributed by atoms with Crippen molar-refractivity contribution in [2.75, 3.05) is 13.6 Å². The highest BCUT2D eigenvalue weighted by Gasteiger charge is 2.31. The number of benzene rings is 1. The third kappa shape index (κ3) is 5.08. The van der Waals surface area contributed by atoms with E-state index in [2.05, 4.69) is 10.1 Å². The average Bonchev–Trinajstić information content (AvgIpc) is 2.24. The van der Waals surface area contributed by atoms with Gasteiger partial charge in [0.25, 0.3) is 0 Å². The highest BCUT2D eigenvalue weighted by molar-refractivity contribution is 5.30. The molecule has 1 N–H and O–H groups in total. The first-order valence-electron chi connectivity index (χ1n) is 5.42.